The van der Waals surface area contributed by atoms with Gasteiger partial charge in [0.1, 0.15) is 0 Å². The summed E-state index contributed by atoms with van der Waals surface area (Å²) >= 11 is 0. The van der Waals surface area contributed by atoms with Gasteiger partial charge in [-0.25, -0.2) is 9.59 Å². The zero-order valence-electron chi connectivity index (χ0n) is 13.7. The molecule has 26 heavy (non-hydrogen) atoms. The summed E-state index contributed by atoms with van der Waals surface area (Å²) in [5, 5.41) is 35.3. The van der Waals surface area contributed by atoms with E-state index < -0.39 is 23.9 Å². The molecule has 0 unspecified atom stereocenters. The van der Waals surface area contributed by atoms with E-state index in [-0.39, 0.29) is 24.0 Å². The molecule has 0 aliphatic rings. The van der Waals surface area contributed by atoms with Gasteiger partial charge in [-0.3, -0.25) is 9.59 Å². The van der Waals surface area contributed by atoms with Gasteiger partial charge in [0.15, 0.2) is 0 Å². The van der Waals surface area contributed by atoms with Crippen LogP contribution in [0, 0.1) is 0 Å². The molecular weight excluding hydrogens is 344 g/mol. The summed E-state index contributed by atoms with van der Waals surface area (Å²) < 4.78 is 0. The summed E-state index contributed by atoms with van der Waals surface area (Å²) in [4.78, 5) is 41.2. The number of fused-ring (bicyclic) bond motifs is 1. The molecule has 2 aromatic carbocycles. The second-order valence-electron chi connectivity index (χ2n) is 5.38. The molecule has 8 nitrogen and oxygen atoms in total. The first kappa shape index (κ1) is 20.6. The zero-order chi connectivity index (χ0) is 19.7. The number of rotatable bonds is 7. The summed E-state index contributed by atoms with van der Waals surface area (Å²) in [7, 11) is 0. The lowest BCUT2D eigenvalue weighted by molar-refractivity contribution is -0.139. The minimum absolute atomic E-state index is 0.0628. The number of benzene rings is 2. The van der Waals surface area contributed by atoms with Crippen LogP contribution >= 0.6 is 0 Å². The fourth-order valence-electron chi connectivity index (χ4n) is 2.06. The highest BCUT2D eigenvalue weighted by molar-refractivity contribution is 5.97. The van der Waals surface area contributed by atoms with Crippen LogP contribution in [0.1, 0.15) is 46.4 Å². The van der Waals surface area contributed by atoms with Gasteiger partial charge in [0.05, 0.1) is 11.1 Å². The van der Waals surface area contributed by atoms with Gasteiger partial charge in [-0.2, -0.15) is 0 Å². The molecule has 0 saturated heterocycles. The van der Waals surface area contributed by atoms with E-state index in [9.17, 15) is 19.2 Å². The van der Waals surface area contributed by atoms with Gasteiger partial charge in [0, 0.05) is 12.8 Å². The predicted octanol–water partition coefficient (Wildman–Crippen LogP) is 2.95. The van der Waals surface area contributed by atoms with Crippen LogP contribution in [-0.2, 0) is 9.59 Å². The Bertz CT molecular complexity index is 756. The summed E-state index contributed by atoms with van der Waals surface area (Å²) in [5.41, 5.74) is 0.381. The molecule has 138 valence electrons. The minimum Gasteiger partial charge on any atom is -0.481 e. The van der Waals surface area contributed by atoms with Crippen LogP contribution in [0.5, 0.6) is 0 Å². The SMILES string of the molecule is O=C(O)CCCCC(=O)O.O=C(O)c1ccc2cc(C(=O)O)ccc2c1. The Labute approximate surface area is 148 Å². The van der Waals surface area contributed by atoms with E-state index in [2.05, 4.69) is 0 Å². The highest BCUT2D eigenvalue weighted by Crippen LogP contribution is 2.18. The van der Waals surface area contributed by atoms with Crippen LogP contribution in [0.2, 0.25) is 0 Å². The van der Waals surface area contributed by atoms with Crippen molar-refractivity contribution in [2.45, 2.75) is 25.7 Å². The van der Waals surface area contributed by atoms with Gasteiger partial charge in [-0.05, 0) is 47.9 Å². The van der Waals surface area contributed by atoms with E-state index in [0.717, 1.165) is 0 Å². The van der Waals surface area contributed by atoms with Crippen molar-refractivity contribution in [2.75, 3.05) is 0 Å². The van der Waals surface area contributed by atoms with E-state index in [1.807, 2.05) is 0 Å². The van der Waals surface area contributed by atoms with Crippen LogP contribution < -0.4 is 0 Å². The largest absolute Gasteiger partial charge is 0.481 e. The molecule has 0 heterocycles. The fraction of sp³-hybridized carbons (Fsp3) is 0.222. The number of unbranched alkanes of at least 4 members (excludes halogenated alkanes) is 1. The first-order valence-electron chi connectivity index (χ1n) is 7.64. The molecule has 0 spiro atoms. The fourth-order valence-corrected chi connectivity index (χ4v) is 2.06. The van der Waals surface area contributed by atoms with Gasteiger partial charge < -0.3 is 20.4 Å². The number of hydrogen-bond donors (Lipinski definition) is 4. The van der Waals surface area contributed by atoms with Crippen LogP contribution in [0.3, 0.4) is 0 Å². The Hall–Kier alpha value is -3.42. The average Bonchev–Trinajstić information content (AvgIpc) is 2.58. The van der Waals surface area contributed by atoms with E-state index in [0.29, 0.717) is 23.6 Å². The monoisotopic (exact) mass is 362 g/mol. The third kappa shape index (κ3) is 7.00. The average molecular weight is 362 g/mol. The van der Waals surface area contributed by atoms with Crippen LogP contribution in [0.15, 0.2) is 36.4 Å². The van der Waals surface area contributed by atoms with Crippen molar-refractivity contribution in [1.82, 2.24) is 0 Å². The van der Waals surface area contributed by atoms with Crippen LogP contribution in [-0.4, -0.2) is 44.3 Å². The number of carboxylic acids is 4. The number of carbonyl (C=O) groups is 4. The standard InChI is InChI=1S/C12H8O4.C6H10O4/c13-11(14)9-3-1-7-5-10(12(15)16)4-2-8(7)6-9;7-5(8)3-1-2-4-6(9)10/h1-6H,(H,13,14)(H,15,16);1-4H2,(H,7,8)(H,9,10). The topological polar surface area (TPSA) is 149 Å². The Morgan fingerprint density at radius 3 is 1.23 bits per heavy atom. The number of aromatic carboxylic acids is 2. The molecule has 0 radical (unpaired) electrons. The van der Waals surface area contributed by atoms with Crippen molar-refractivity contribution in [1.29, 1.82) is 0 Å². The molecule has 2 aromatic rings. The number of carboxylic acid groups (broad SMARTS) is 4. The molecule has 2 rings (SSSR count). The highest BCUT2D eigenvalue weighted by Gasteiger charge is 2.06. The van der Waals surface area contributed by atoms with Crippen LogP contribution in [0.25, 0.3) is 10.8 Å². The molecule has 0 atom stereocenters. The lowest BCUT2D eigenvalue weighted by Crippen LogP contribution is -1.97. The summed E-state index contributed by atoms with van der Waals surface area (Å²) in [5.74, 6) is -3.73. The molecule has 0 aromatic heterocycles. The van der Waals surface area contributed by atoms with Gasteiger partial charge in [-0.15, -0.1) is 0 Å². The second-order valence-corrected chi connectivity index (χ2v) is 5.38. The molecule has 0 bridgehead atoms. The zero-order valence-corrected chi connectivity index (χ0v) is 13.7. The van der Waals surface area contributed by atoms with Gasteiger partial charge >= 0.3 is 23.9 Å². The Morgan fingerprint density at radius 1 is 0.615 bits per heavy atom. The maximum Gasteiger partial charge on any atom is 0.335 e. The molecule has 0 saturated carbocycles. The van der Waals surface area contributed by atoms with E-state index >= 15 is 0 Å². The van der Waals surface area contributed by atoms with Crippen molar-refractivity contribution in [3.63, 3.8) is 0 Å². The van der Waals surface area contributed by atoms with Gasteiger partial charge in [0.2, 0.25) is 0 Å². The smallest absolute Gasteiger partial charge is 0.335 e. The molecule has 0 aliphatic heterocycles. The lowest BCUT2D eigenvalue weighted by Gasteiger charge is -2.01. The molecule has 0 fully saturated rings. The summed E-state index contributed by atoms with van der Waals surface area (Å²) in [6.45, 7) is 0. The Balaban J connectivity index is 0.000000294. The quantitative estimate of drug-likeness (QED) is 0.549. The first-order valence-corrected chi connectivity index (χ1v) is 7.64. The minimum atomic E-state index is -0.996. The van der Waals surface area contributed by atoms with E-state index in [4.69, 9.17) is 20.4 Å². The summed E-state index contributed by atoms with van der Waals surface area (Å²) in [6.07, 6.45) is 1.02. The number of hydrogen-bond acceptors (Lipinski definition) is 4. The van der Waals surface area contributed by atoms with Crippen molar-refractivity contribution >= 4 is 34.6 Å². The van der Waals surface area contributed by atoms with E-state index in [1.165, 1.54) is 24.3 Å². The maximum atomic E-state index is 10.7. The lowest BCUT2D eigenvalue weighted by atomic mass is 10.0. The Kier molecular flexibility index (Phi) is 7.75. The number of aliphatic carboxylic acids is 2. The van der Waals surface area contributed by atoms with E-state index in [1.54, 1.807) is 12.1 Å². The Morgan fingerprint density at radius 2 is 0.962 bits per heavy atom. The second kappa shape index (κ2) is 9.77. The molecule has 0 aliphatic carbocycles. The summed E-state index contributed by atoms with van der Waals surface area (Å²) in [6, 6.07) is 9.15. The third-order valence-electron chi connectivity index (χ3n) is 3.37. The van der Waals surface area contributed by atoms with Crippen LogP contribution in [0.4, 0.5) is 0 Å². The van der Waals surface area contributed by atoms with Gasteiger partial charge in [-0.1, -0.05) is 12.1 Å². The molecule has 4 N–H and O–H groups in total. The first-order chi connectivity index (χ1) is 12.2. The van der Waals surface area contributed by atoms with Crippen molar-refractivity contribution in [2.24, 2.45) is 0 Å². The maximum absolute atomic E-state index is 10.7. The molecule has 0 amide bonds. The third-order valence-corrected chi connectivity index (χ3v) is 3.37. The van der Waals surface area contributed by atoms with Crippen molar-refractivity contribution < 1.29 is 39.6 Å². The normalized spacial score (nSPS) is 9.85. The molecule has 8 heteroatoms. The van der Waals surface area contributed by atoms with Crippen molar-refractivity contribution in [3.8, 4) is 0 Å². The van der Waals surface area contributed by atoms with Crippen molar-refractivity contribution in [3.05, 3.63) is 47.5 Å². The predicted molar refractivity (Wildman–Crippen MR) is 91.6 cm³/mol. The molecular formula is C18H18O8. The van der Waals surface area contributed by atoms with Gasteiger partial charge in [0.25, 0.3) is 0 Å². The highest BCUT2D eigenvalue weighted by atomic mass is 16.4.